The number of hydrogen-bond donors (Lipinski definition) is 1. The summed E-state index contributed by atoms with van der Waals surface area (Å²) in [7, 11) is 0. The predicted molar refractivity (Wildman–Crippen MR) is 57.5 cm³/mol. The first-order valence-electron chi connectivity index (χ1n) is 4.83. The van der Waals surface area contributed by atoms with Crippen LogP contribution in [0.4, 0.5) is 5.69 Å². The highest BCUT2D eigenvalue weighted by atomic mass is 16.2. The van der Waals surface area contributed by atoms with Crippen LogP contribution < -0.4 is 5.73 Å². The fourth-order valence-electron chi connectivity index (χ4n) is 1.83. The van der Waals surface area contributed by atoms with Crippen molar-refractivity contribution in [2.75, 3.05) is 5.73 Å². The minimum absolute atomic E-state index is 0.176. The molecule has 0 saturated heterocycles. The molecule has 0 fully saturated rings. The third-order valence-corrected chi connectivity index (χ3v) is 2.63. The first kappa shape index (κ1) is 9.83. The lowest BCUT2D eigenvalue weighted by Gasteiger charge is -2.21. The molecule has 0 bridgehead atoms. The molecule has 1 aliphatic rings. The zero-order valence-electron chi connectivity index (χ0n) is 8.77. The number of hydrogen-bond acceptors (Lipinski definition) is 3. The smallest absolute Gasteiger partial charge is 0.274 e. The van der Waals surface area contributed by atoms with E-state index in [1.54, 1.807) is 12.1 Å². The van der Waals surface area contributed by atoms with Crippen LogP contribution in [0.1, 0.15) is 25.3 Å². The second-order valence-corrected chi connectivity index (χ2v) is 4.29. The number of nitrogen functional groups attached to an aromatic ring is 1. The van der Waals surface area contributed by atoms with E-state index in [4.69, 9.17) is 5.73 Å². The SMILES string of the molecule is CC1(C)N=NC(=O)C1c1ccc(N)cc1. The molecule has 0 saturated carbocycles. The molecule has 15 heavy (non-hydrogen) atoms. The molecular formula is C11H13N3O. The van der Waals surface area contributed by atoms with Gasteiger partial charge in [-0.2, -0.15) is 5.11 Å². The number of azo groups is 1. The summed E-state index contributed by atoms with van der Waals surface area (Å²) in [5.74, 6) is -0.456. The summed E-state index contributed by atoms with van der Waals surface area (Å²) >= 11 is 0. The molecule has 4 heteroatoms. The molecule has 0 aromatic heterocycles. The van der Waals surface area contributed by atoms with Crippen molar-refractivity contribution >= 4 is 11.6 Å². The summed E-state index contributed by atoms with van der Waals surface area (Å²) in [6.07, 6.45) is 0. The van der Waals surface area contributed by atoms with E-state index in [9.17, 15) is 4.79 Å². The highest BCUT2D eigenvalue weighted by molar-refractivity contribution is 5.87. The highest BCUT2D eigenvalue weighted by Crippen LogP contribution is 2.37. The largest absolute Gasteiger partial charge is 0.399 e. The van der Waals surface area contributed by atoms with Crippen molar-refractivity contribution < 1.29 is 4.79 Å². The van der Waals surface area contributed by atoms with Crippen molar-refractivity contribution in [3.05, 3.63) is 29.8 Å². The summed E-state index contributed by atoms with van der Waals surface area (Å²) < 4.78 is 0. The predicted octanol–water partition coefficient (Wildman–Crippen LogP) is 2.12. The Morgan fingerprint density at radius 2 is 1.87 bits per heavy atom. The van der Waals surface area contributed by atoms with E-state index >= 15 is 0 Å². The van der Waals surface area contributed by atoms with Gasteiger partial charge in [-0.3, -0.25) is 4.79 Å². The van der Waals surface area contributed by atoms with Crippen molar-refractivity contribution in [2.24, 2.45) is 10.2 Å². The van der Waals surface area contributed by atoms with Crippen LogP contribution >= 0.6 is 0 Å². The number of nitrogens with two attached hydrogens (primary N) is 1. The quantitative estimate of drug-likeness (QED) is 0.710. The van der Waals surface area contributed by atoms with Crippen LogP contribution in [0.25, 0.3) is 0 Å². The Morgan fingerprint density at radius 3 is 2.33 bits per heavy atom. The van der Waals surface area contributed by atoms with Gasteiger partial charge in [0.15, 0.2) is 0 Å². The van der Waals surface area contributed by atoms with Crippen LogP contribution in [0, 0.1) is 0 Å². The van der Waals surface area contributed by atoms with Gasteiger partial charge in [0.05, 0.1) is 11.5 Å². The van der Waals surface area contributed by atoms with Gasteiger partial charge in [0.1, 0.15) is 0 Å². The van der Waals surface area contributed by atoms with Gasteiger partial charge in [-0.05, 0) is 31.5 Å². The Bertz CT molecular complexity index is 420. The Kier molecular flexibility index (Phi) is 2.07. The van der Waals surface area contributed by atoms with E-state index in [1.807, 2.05) is 26.0 Å². The Balaban J connectivity index is 2.39. The molecule has 1 amide bonds. The molecule has 1 heterocycles. The van der Waals surface area contributed by atoms with Crippen LogP contribution in [0.2, 0.25) is 0 Å². The first-order chi connectivity index (χ1) is 7.00. The van der Waals surface area contributed by atoms with Crippen LogP contribution in [0.3, 0.4) is 0 Å². The number of rotatable bonds is 1. The molecule has 78 valence electrons. The minimum Gasteiger partial charge on any atom is -0.399 e. The average molecular weight is 203 g/mol. The van der Waals surface area contributed by atoms with Gasteiger partial charge in [0.2, 0.25) is 0 Å². The standard InChI is InChI=1S/C11H13N3O/c1-11(2)9(10(15)13-14-11)7-3-5-8(12)6-4-7/h3-6,9H,12H2,1-2H3. The number of benzene rings is 1. The lowest BCUT2D eigenvalue weighted by atomic mass is 9.83. The molecule has 1 atom stereocenters. The van der Waals surface area contributed by atoms with E-state index in [-0.39, 0.29) is 11.8 Å². The van der Waals surface area contributed by atoms with Gasteiger partial charge in [-0.25, -0.2) is 0 Å². The Morgan fingerprint density at radius 1 is 1.27 bits per heavy atom. The zero-order valence-corrected chi connectivity index (χ0v) is 8.77. The molecule has 0 aliphatic carbocycles. The summed E-state index contributed by atoms with van der Waals surface area (Å²) in [6.45, 7) is 3.81. The second-order valence-electron chi connectivity index (χ2n) is 4.29. The van der Waals surface area contributed by atoms with E-state index in [1.165, 1.54) is 0 Å². The molecule has 2 rings (SSSR count). The number of amides is 1. The second kappa shape index (κ2) is 3.15. The maximum absolute atomic E-state index is 11.6. The van der Waals surface area contributed by atoms with Gasteiger partial charge in [-0.1, -0.05) is 12.1 Å². The molecule has 1 aromatic carbocycles. The van der Waals surface area contributed by atoms with Crippen molar-refractivity contribution in [1.82, 2.24) is 0 Å². The fraction of sp³-hybridized carbons (Fsp3) is 0.364. The Labute approximate surface area is 88.2 Å². The normalized spacial score (nSPS) is 23.3. The lowest BCUT2D eigenvalue weighted by Crippen LogP contribution is -2.27. The molecule has 1 unspecified atom stereocenters. The van der Waals surface area contributed by atoms with Crippen molar-refractivity contribution in [1.29, 1.82) is 0 Å². The first-order valence-corrected chi connectivity index (χ1v) is 4.83. The van der Waals surface area contributed by atoms with Gasteiger partial charge < -0.3 is 5.73 Å². The molecule has 2 N–H and O–H groups in total. The van der Waals surface area contributed by atoms with Gasteiger partial charge in [0, 0.05) is 5.69 Å². The van der Waals surface area contributed by atoms with Crippen molar-refractivity contribution in [3.63, 3.8) is 0 Å². The monoisotopic (exact) mass is 203 g/mol. The number of carbonyl (C=O) groups is 1. The van der Waals surface area contributed by atoms with Gasteiger partial charge in [0.25, 0.3) is 5.91 Å². The number of anilines is 1. The molecule has 1 aliphatic heterocycles. The molecule has 0 spiro atoms. The topological polar surface area (TPSA) is 67.8 Å². The third kappa shape index (κ3) is 1.63. The molecule has 1 aromatic rings. The average Bonchev–Trinajstić information content (AvgIpc) is 2.43. The molecule has 4 nitrogen and oxygen atoms in total. The maximum atomic E-state index is 11.6. The Hall–Kier alpha value is -1.71. The summed E-state index contributed by atoms with van der Waals surface area (Å²) in [6, 6.07) is 7.29. The van der Waals surface area contributed by atoms with Crippen LogP contribution in [-0.4, -0.2) is 11.4 Å². The van der Waals surface area contributed by atoms with Crippen molar-refractivity contribution in [3.8, 4) is 0 Å². The van der Waals surface area contributed by atoms with Gasteiger partial charge in [-0.15, -0.1) is 5.11 Å². The maximum Gasteiger partial charge on any atom is 0.274 e. The summed E-state index contributed by atoms with van der Waals surface area (Å²) in [5, 5.41) is 7.60. The summed E-state index contributed by atoms with van der Waals surface area (Å²) in [4.78, 5) is 11.6. The van der Waals surface area contributed by atoms with E-state index in [0.717, 1.165) is 5.56 Å². The van der Waals surface area contributed by atoms with Crippen molar-refractivity contribution in [2.45, 2.75) is 25.3 Å². The zero-order chi connectivity index (χ0) is 11.1. The fourth-order valence-corrected chi connectivity index (χ4v) is 1.83. The molecule has 0 radical (unpaired) electrons. The highest BCUT2D eigenvalue weighted by Gasteiger charge is 2.41. The van der Waals surface area contributed by atoms with Crippen LogP contribution in [0.15, 0.2) is 34.5 Å². The summed E-state index contributed by atoms with van der Waals surface area (Å²) in [5.41, 5.74) is 6.76. The lowest BCUT2D eigenvalue weighted by molar-refractivity contribution is -0.119. The van der Waals surface area contributed by atoms with Crippen LogP contribution in [0.5, 0.6) is 0 Å². The van der Waals surface area contributed by atoms with E-state index in [0.29, 0.717) is 5.69 Å². The minimum atomic E-state index is -0.451. The number of carbonyl (C=O) groups excluding carboxylic acids is 1. The third-order valence-electron chi connectivity index (χ3n) is 2.63. The van der Waals surface area contributed by atoms with E-state index in [2.05, 4.69) is 10.2 Å². The van der Waals surface area contributed by atoms with Gasteiger partial charge >= 0.3 is 0 Å². The van der Waals surface area contributed by atoms with E-state index < -0.39 is 5.54 Å². The van der Waals surface area contributed by atoms with Crippen LogP contribution in [-0.2, 0) is 4.79 Å². The number of nitrogens with zero attached hydrogens (tertiary/aromatic N) is 2. The molecular weight excluding hydrogens is 190 g/mol.